The zero-order valence-electron chi connectivity index (χ0n) is 10.5. The maximum Gasteiger partial charge on any atom is 0.111 e. The molecular formula is C13H18ClN3. The lowest BCUT2D eigenvalue weighted by atomic mass is 10.0. The van der Waals surface area contributed by atoms with E-state index in [0.29, 0.717) is 0 Å². The summed E-state index contributed by atoms with van der Waals surface area (Å²) in [4.78, 5) is 4.63. The predicted molar refractivity (Wildman–Crippen MR) is 72.4 cm³/mol. The fourth-order valence-electron chi connectivity index (χ4n) is 2.07. The van der Waals surface area contributed by atoms with Crippen LogP contribution >= 0.6 is 11.6 Å². The largest absolute Gasteiger partial charge is 0.327 e. The van der Waals surface area contributed by atoms with Crippen LogP contribution in [-0.4, -0.2) is 15.1 Å². The summed E-state index contributed by atoms with van der Waals surface area (Å²) in [6, 6.07) is 5.81. The van der Waals surface area contributed by atoms with Crippen LogP contribution in [0.5, 0.6) is 0 Å². The van der Waals surface area contributed by atoms with E-state index in [9.17, 15) is 0 Å². The first-order valence-electron chi connectivity index (χ1n) is 5.85. The van der Waals surface area contributed by atoms with Crippen LogP contribution < -0.4 is 5.73 Å². The molecule has 0 bridgehead atoms. The van der Waals surface area contributed by atoms with E-state index in [4.69, 9.17) is 17.3 Å². The summed E-state index contributed by atoms with van der Waals surface area (Å²) in [5, 5.41) is 0.748. The average molecular weight is 252 g/mol. The van der Waals surface area contributed by atoms with Crippen molar-refractivity contribution in [1.29, 1.82) is 0 Å². The summed E-state index contributed by atoms with van der Waals surface area (Å²) in [6.45, 7) is 6.96. The Kier molecular flexibility index (Phi) is 3.15. The molecule has 0 fully saturated rings. The molecule has 1 aromatic heterocycles. The molecule has 1 heterocycles. The maximum atomic E-state index is 6.23. The maximum absolute atomic E-state index is 6.23. The van der Waals surface area contributed by atoms with Gasteiger partial charge in [0.15, 0.2) is 0 Å². The van der Waals surface area contributed by atoms with Gasteiger partial charge in [-0.2, -0.15) is 0 Å². The number of aromatic nitrogens is 2. The van der Waals surface area contributed by atoms with E-state index < -0.39 is 0 Å². The van der Waals surface area contributed by atoms with E-state index in [-0.39, 0.29) is 5.54 Å². The van der Waals surface area contributed by atoms with Gasteiger partial charge in [0.2, 0.25) is 0 Å². The summed E-state index contributed by atoms with van der Waals surface area (Å²) < 4.78 is 2.15. The Hall–Kier alpha value is -1.06. The third-order valence-electron chi connectivity index (χ3n) is 2.73. The number of hydrogen-bond donors (Lipinski definition) is 1. The van der Waals surface area contributed by atoms with Gasteiger partial charge >= 0.3 is 0 Å². The number of hydrogen-bond acceptors (Lipinski definition) is 2. The highest BCUT2D eigenvalue weighted by atomic mass is 35.5. The number of nitrogens with two attached hydrogens (primary N) is 1. The molecule has 2 aromatic rings. The Balaban J connectivity index is 2.61. The topological polar surface area (TPSA) is 43.8 Å². The van der Waals surface area contributed by atoms with Gasteiger partial charge in [-0.1, -0.05) is 17.7 Å². The lowest BCUT2D eigenvalue weighted by Gasteiger charge is -2.18. The quantitative estimate of drug-likeness (QED) is 0.912. The minimum Gasteiger partial charge on any atom is -0.327 e. The molecule has 2 N–H and O–H groups in total. The fraction of sp³-hybridized carbons (Fsp3) is 0.462. The third-order valence-corrected chi connectivity index (χ3v) is 3.03. The molecule has 0 radical (unpaired) electrons. The molecule has 0 aliphatic rings. The van der Waals surface area contributed by atoms with Gasteiger partial charge in [0.05, 0.1) is 16.1 Å². The first-order chi connectivity index (χ1) is 7.92. The molecular weight excluding hydrogens is 234 g/mol. The van der Waals surface area contributed by atoms with Gasteiger partial charge in [-0.25, -0.2) is 4.98 Å². The summed E-state index contributed by atoms with van der Waals surface area (Å²) in [6.07, 6.45) is 0.742. The van der Waals surface area contributed by atoms with Crippen LogP contribution in [-0.2, 0) is 13.0 Å². The Bertz CT molecular complexity index is 537. The first kappa shape index (κ1) is 12.4. The van der Waals surface area contributed by atoms with Crippen molar-refractivity contribution >= 4 is 22.6 Å². The summed E-state index contributed by atoms with van der Waals surface area (Å²) in [5.41, 5.74) is 7.75. The van der Waals surface area contributed by atoms with Crippen LogP contribution in [0.3, 0.4) is 0 Å². The van der Waals surface area contributed by atoms with Gasteiger partial charge in [-0.05, 0) is 32.9 Å². The number of aryl methyl sites for hydroxylation is 1. The van der Waals surface area contributed by atoms with E-state index in [1.54, 1.807) is 0 Å². The fourth-order valence-corrected chi connectivity index (χ4v) is 2.34. The number of fused-ring (bicyclic) bond motifs is 1. The van der Waals surface area contributed by atoms with Crippen molar-refractivity contribution < 1.29 is 0 Å². The lowest BCUT2D eigenvalue weighted by molar-refractivity contribution is 0.490. The van der Waals surface area contributed by atoms with E-state index >= 15 is 0 Å². The molecule has 0 aliphatic heterocycles. The third kappa shape index (κ3) is 2.45. The van der Waals surface area contributed by atoms with E-state index in [1.165, 1.54) is 0 Å². The van der Waals surface area contributed by atoms with Gasteiger partial charge in [0, 0.05) is 18.5 Å². The van der Waals surface area contributed by atoms with Crippen molar-refractivity contribution in [3.63, 3.8) is 0 Å². The monoisotopic (exact) mass is 251 g/mol. The molecule has 0 spiro atoms. The molecule has 92 valence electrons. The number of halogens is 1. The molecule has 0 atom stereocenters. The number of benzene rings is 1. The van der Waals surface area contributed by atoms with Crippen molar-refractivity contribution in [1.82, 2.24) is 9.55 Å². The van der Waals surface area contributed by atoms with Gasteiger partial charge < -0.3 is 10.3 Å². The van der Waals surface area contributed by atoms with E-state index in [2.05, 4.69) is 16.5 Å². The highest BCUT2D eigenvalue weighted by Crippen LogP contribution is 2.25. The van der Waals surface area contributed by atoms with Gasteiger partial charge in [-0.3, -0.25) is 0 Å². The zero-order valence-corrected chi connectivity index (χ0v) is 11.3. The van der Waals surface area contributed by atoms with Crippen molar-refractivity contribution in [2.45, 2.75) is 39.3 Å². The number of nitrogens with zero attached hydrogens (tertiary/aromatic N) is 2. The molecule has 4 heteroatoms. The Morgan fingerprint density at radius 3 is 2.71 bits per heavy atom. The minimum absolute atomic E-state index is 0.263. The normalized spacial score (nSPS) is 12.3. The summed E-state index contributed by atoms with van der Waals surface area (Å²) in [7, 11) is 0. The van der Waals surface area contributed by atoms with Gasteiger partial charge in [0.25, 0.3) is 0 Å². The van der Waals surface area contributed by atoms with Crippen molar-refractivity contribution in [2.75, 3.05) is 0 Å². The molecule has 0 saturated carbocycles. The highest BCUT2D eigenvalue weighted by molar-refractivity contribution is 6.35. The summed E-state index contributed by atoms with van der Waals surface area (Å²) >= 11 is 6.23. The lowest BCUT2D eigenvalue weighted by Crippen LogP contribution is -2.35. The van der Waals surface area contributed by atoms with Crippen LogP contribution in [0.4, 0.5) is 0 Å². The molecule has 17 heavy (non-hydrogen) atoms. The SMILES string of the molecule is CCn1c(CC(C)(C)N)nc2cccc(Cl)c21. The molecule has 2 rings (SSSR count). The van der Waals surface area contributed by atoms with Crippen LogP contribution in [0, 0.1) is 0 Å². The molecule has 1 aromatic carbocycles. The van der Waals surface area contributed by atoms with E-state index in [0.717, 1.165) is 34.8 Å². The van der Waals surface area contributed by atoms with E-state index in [1.807, 2.05) is 32.0 Å². The Labute approximate surface area is 107 Å². The molecule has 0 saturated heterocycles. The highest BCUT2D eigenvalue weighted by Gasteiger charge is 2.18. The second-order valence-electron chi connectivity index (χ2n) is 5.05. The van der Waals surface area contributed by atoms with Crippen LogP contribution in [0.2, 0.25) is 5.02 Å². The molecule has 0 aliphatic carbocycles. The van der Waals surface area contributed by atoms with Crippen molar-refractivity contribution in [3.05, 3.63) is 29.0 Å². The number of imidazole rings is 1. The van der Waals surface area contributed by atoms with Gasteiger partial charge in [0.1, 0.15) is 5.82 Å². The molecule has 0 amide bonds. The molecule has 0 unspecified atom stereocenters. The van der Waals surface area contributed by atoms with Crippen molar-refractivity contribution in [2.24, 2.45) is 5.73 Å². The number of para-hydroxylation sites is 1. The van der Waals surface area contributed by atoms with Crippen LogP contribution in [0.1, 0.15) is 26.6 Å². The minimum atomic E-state index is -0.263. The Morgan fingerprint density at radius 2 is 2.12 bits per heavy atom. The van der Waals surface area contributed by atoms with Gasteiger partial charge in [-0.15, -0.1) is 0 Å². The zero-order chi connectivity index (χ0) is 12.6. The number of rotatable bonds is 3. The summed E-state index contributed by atoms with van der Waals surface area (Å²) in [5.74, 6) is 1.00. The average Bonchev–Trinajstić information content (AvgIpc) is 2.53. The predicted octanol–water partition coefficient (Wildman–Crippen LogP) is 2.99. The Morgan fingerprint density at radius 1 is 1.41 bits per heavy atom. The second-order valence-corrected chi connectivity index (χ2v) is 5.45. The molecule has 3 nitrogen and oxygen atoms in total. The van der Waals surface area contributed by atoms with Crippen LogP contribution in [0.25, 0.3) is 11.0 Å². The van der Waals surface area contributed by atoms with Crippen molar-refractivity contribution in [3.8, 4) is 0 Å². The first-order valence-corrected chi connectivity index (χ1v) is 6.22. The smallest absolute Gasteiger partial charge is 0.111 e. The van der Waals surface area contributed by atoms with Crippen LogP contribution in [0.15, 0.2) is 18.2 Å². The standard InChI is InChI=1S/C13H18ClN3/c1-4-17-11(8-13(2,3)15)16-10-7-5-6-9(14)12(10)17/h5-7H,4,8,15H2,1-3H3. The second kappa shape index (κ2) is 4.31.